The highest BCUT2D eigenvalue weighted by Crippen LogP contribution is 2.20. The molecule has 0 spiro atoms. The molecule has 1 aromatic heterocycles. The Balaban J connectivity index is 1.76. The summed E-state index contributed by atoms with van der Waals surface area (Å²) in [5.41, 5.74) is -0.474. The molecule has 0 bridgehead atoms. The molecular weight excluding hydrogens is 344 g/mol. The van der Waals surface area contributed by atoms with Crippen molar-refractivity contribution in [3.8, 4) is 0 Å². The van der Waals surface area contributed by atoms with Gasteiger partial charge in [0.15, 0.2) is 5.96 Å². The fourth-order valence-electron chi connectivity index (χ4n) is 3.09. The summed E-state index contributed by atoms with van der Waals surface area (Å²) in [5.74, 6) is 0.755. The molecule has 27 heavy (non-hydrogen) atoms. The molecule has 1 aliphatic heterocycles. The molecule has 0 aromatic carbocycles. The zero-order valence-electron chi connectivity index (χ0n) is 17.1. The second kappa shape index (κ2) is 10.2. The highest BCUT2D eigenvalue weighted by Gasteiger charge is 2.30. The lowest BCUT2D eigenvalue weighted by Crippen LogP contribution is -2.52. The Bertz CT molecular complexity index is 594. The number of nitrogens with one attached hydrogen (secondary N) is 2. The topological polar surface area (TPSA) is 83.8 Å². The van der Waals surface area contributed by atoms with Crippen molar-refractivity contribution in [3.05, 3.63) is 18.5 Å². The van der Waals surface area contributed by atoms with Crippen LogP contribution in [0.3, 0.4) is 0 Å². The molecule has 1 fully saturated rings. The molecule has 8 heteroatoms. The van der Waals surface area contributed by atoms with Gasteiger partial charge in [0.1, 0.15) is 5.60 Å². The minimum atomic E-state index is -0.474. The Kier molecular flexibility index (Phi) is 7.94. The van der Waals surface area contributed by atoms with Crippen molar-refractivity contribution < 1.29 is 9.53 Å². The first kappa shape index (κ1) is 21.1. The molecule has 1 aromatic rings. The Hall–Kier alpha value is -2.25. The average Bonchev–Trinajstić information content (AvgIpc) is 3.13. The number of carbonyl (C=O) groups excluding carboxylic acids is 1. The van der Waals surface area contributed by atoms with Gasteiger partial charge in [-0.05, 0) is 52.5 Å². The second-order valence-electron chi connectivity index (χ2n) is 7.83. The summed E-state index contributed by atoms with van der Waals surface area (Å²) in [5, 5.41) is 10.9. The molecule has 1 unspecified atom stereocenters. The molecule has 2 N–H and O–H groups in total. The third-order valence-corrected chi connectivity index (χ3v) is 4.40. The van der Waals surface area contributed by atoms with Gasteiger partial charge >= 0.3 is 6.09 Å². The number of carbonyl (C=O) groups is 1. The zero-order valence-corrected chi connectivity index (χ0v) is 17.1. The minimum Gasteiger partial charge on any atom is -0.444 e. The maximum atomic E-state index is 12.5. The van der Waals surface area contributed by atoms with E-state index in [1.54, 1.807) is 13.2 Å². The van der Waals surface area contributed by atoms with Gasteiger partial charge in [-0.3, -0.25) is 9.67 Å². The summed E-state index contributed by atoms with van der Waals surface area (Å²) in [6.07, 6.45) is 7.60. The van der Waals surface area contributed by atoms with Crippen LogP contribution in [0.15, 0.2) is 23.5 Å². The maximum absolute atomic E-state index is 12.5. The summed E-state index contributed by atoms with van der Waals surface area (Å²) in [7, 11) is 1.76. The normalized spacial score (nSPS) is 18.3. The number of likely N-dealkylation sites (tertiary alicyclic amines) is 1. The molecule has 2 rings (SSSR count). The number of hydrogen-bond acceptors (Lipinski definition) is 4. The lowest BCUT2D eigenvalue weighted by molar-refractivity contribution is 0.0104. The van der Waals surface area contributed by atoms with E-state index in [-0.39, 0.29) is 12.1 Å². The Morgan fingerprint density at radius 3 is 2.81 bits per heavy atom. The van der Waals surface area contributed by atoms with E-state index in [4.69, 9.17) is 4.74 Å². The van der Waals surface area contributed by atoms with E-state index >= 15 is 0 Å². The quantitative estimate of drug-likeness (QED) is 0.451. The summed E-state index contributed by atoms with van der Waals surface area (Å²) >= 11 is 0. The van der Waals surface area contributed by atoms with Crippen molar-refractivity contribution in [1.29, 1.82) is 0 Å². The highest BCUT2D eigenvalue weighted by atomic mass is 16.6. The van der Waals surface area contributed by atoms with Gasteiger partial charge in [0.25, 0.3) is 0 Å². The van der Waals surface area contributed by atoms with Crippen molar-refractivity contribution in [3.63, 3.8) is 0 Å². The number of guanidine groups is 1. The lowest BCUT2D eigenvalue weighted by atomic mass is 10.0. The SMILES string of the molecule is CN=C(NCCCn1cccn1)NCC1CCCCN1C(=O)OC(C)(C)C. The van der Waals surface area contributed by atoms with Crippen LogP contribution < -0.4 is 10.6 Å². The van der Waals surface area contributed by atoms with E-state index in [1.165, 1.54) is 0 Å². The van der Waals surface area contributed by atoms with Crippen molar-refractivity contribution in [1.82, 2.24) is 25.3 Å². The van der Waals surface area contributed by atoms with Crippen LogP contribution in [-0.4, -0.2) is 65.1 Å². The fraction of sp³-hybridized carbons (Fsp3) is 0.737. The number of aromatic nitrogens is 2. The maximum Gasteiger partial charge on any atom is 0.410 e. The molecule has 1 saturated heterocycles. The van der Waals surface area contributed by atoms with Crippen molar-refractivity contribution >= 4 is 12.1 Å². The molecule has 1 aliphatic rings. The summed E-state index contributed by atoms with van der Waals surface area (Å²) in [6, 6.07) is 2.05. The van der Waals surface area contributed by atoms with Crippen LogP contribution in [0.5, 0.6) is 0 Å². The average molecular weight is 379 g/mol. The van der Waals surface area contributed by atoms with E-state index in [0.717, 1.165) is 51.3 Å². The molecule has 0 saturated carbocycles. The Morgan fingerprint density at radius 1 is 1.33 bits per heavy atom. The van der Waals surface area contributed by atoms with Gasteiger partial charge in [0, 0.05) is 45.6 Å². The van der Waals surface area contributed by atoms with Crippen molar-refractivity contribution in [2.24, 2.45) is 4.99 Å². The number of rotatable bonds is 6. The van der Waals surface area contributed by atoms with Gasteiger partial charge < -0.3 is 20.3 Å². The first-order chi connectivity index (χ1) is 12.9. The first-order valence-electron chi connectivity index (χ1n) is 9.80. The largest absolute Gasteiger partial charge is 0.444 e. The lowest BCUT2D eigenvalue weighted by Gasteiger charge is -2.37. The number of ether oxygens (including phenoxy) is 1. The third kappa shape index (κ3) is 7.48. The van der Waals surface area contributed by atoms with Crippen LogP contribution >= 0.6 is 0 Å². The van der Waals surface area contributed by atoms with Crippen LogP contribution in [-0.2, 0) is 11.3 Å². The Labute approximate surface area is 162 Å². The molecule has 2 heterocycles. The zero-order chi connectivity index (χ0) is 19.7. The molecule has 1 atom stereocenters. The summed E-state index contributed by atoms with van der Waals surface area (Å²) in [6.45, 7) is 8.78. The molecule has 0 radical (unpaired) electrons. The van der Waals surface area contributed by atoms with Gasteiger partial charge in [-0.25, -0.2) is 4.79 Å². The number of nitrogens with zero attached hydrogens (tertiary/aromatic N) is 4. The smallest absolute Gasteiger partial charge is 0.410 e. The number of amides is 1. The number of piperidine rings is 1. The second-order valence-corrected chi connectivity index (χ2v) is 7.83. The van der Waals surface area contributed by atoms with E-state index in [1.807, 2.05) is 42.6 Å². The van der Waals surface area contributed by atoms with Crippen LogP contribution in [0.4, 0.5) is 4.79 Å². The molecule has 1 amide bonds. The van der Waals surface area contributed by atoms with Gasteiger partial charge in [0.05, 0.1) is 6.04 Å². The number of aliphatic imine (C=N–C) groups is 1. The minimum absolute atomic E-state index is 0.122. The predicted octanol–water partition coefficient (Wildman–Crippen LogP) is 2.23. The van der Waals surface area contributed by atoms with Crippen LogP contribution in [0.2, 0.25) is 0 Å². The number of hydrogen-bond donors (Lipinski definition) is 2. The predicted molar refractivity (Wildman–Crippen MR) is 107 cm³/mol. The van der Waals surface area contributed by atoms with Gasteiger partial charge in [-0.1, -0.05) is 0 Å². The van der Waals surface area contributed by atoms with Crippen molar-refractivity contribution in [2.45, 2.75) is 64.6 Å². The highest BCUT2D eigenvalue weighted by molar-refractivity contribution is 5.79. The first-order valence-corrected chi connectivity index (χ1v) is 9.80. The molecule has 8 nitrogen and oxygen atoms in total. The van der Waals surface area contributed by atoms with Crippen molar-refractivity contribution in [2.75, 3.05) is 26.7 Å². The van der Waals surface area contributed by atoms with E-state index in [9.17, 15) is 4.79 Å². The Morgan fingerprint density at radius 2 is 2.15 bits per heavy atom. The van der Waals surface area contributed by atoms with E-state index in [2.05, 4.69) is 20.7 Å². The number of aryl methyl sites for hydroxylation is 1. The summed E-state index contributed by atoms with van der Waals surface area (Å²) < 4.78 is 7.48. The van der Waals surface area contributed by atoms with Gasteiger partial charge in [-0.2, -0.15) is 5.10 Å². The standard InChI is InChI=1S/C19H34N6O2/c1-19(2,3)27-18(26)25-14-6-5-9-16(25)15-22-17(20-4)21-10-7-12-24-13-8-11-23-24/h8,11,13,16H,5-7,9-10,12,14-15H2,1-4H3,(H2,20,21,22). The van der Waals surface area contributed by atoms with Gasteiger partial charge in [-0.15, -0.1) is 0 Å². The third-order valence-electron chi connectivity index (χ3n) is 4.40. The fourth-order valence-corrected chi connectivity index (χ4v) is 3.09. The van der Waals surface area contributed by atoms with Crippen LogP contribution in [0, 0.1) is 0 Å². The van der Waals surface area contributed by atoms with Gasteiger partial charge in [0.2, 0.25) is 0 Å². The molecule has 0 aliphatic carbocycles. The van der Waals surface area contributed by atoms with Crippen LogP contribution in [0.1, 0.15) is 46.5 Å². The van der Waals surface area contributed by atoms with Crippen LogP contribution in [0.25, 0.3) is 0 Å². The summed E-state index contributed by atoms with van der Waals surface area (Å²) in [4.78, 5) is 18.6. The monoisotopic (exact) mass is 378 g/mol. The van der Waals surface area contributed by atoms with E-state index in [0.29, 0.717) is 6.54 Å². The molecular formula is C19H34N6O2. The molecule has 152 valence electrons. The van der Waals surface area contributed by atoms with E-state index < -0.39 is 5.60 Å².